The third-order valence-corrected chi connectivity index (χ3v) is 2.25. The predicted octanol–water partition coefficient (Wildman–Crippen LogP) is 1.11. The van der Waals surface area contributed by atoms with Crippen molar-refractivity contribution in [1.29, 1.82) is 0 Å². The number of carboxylic acid groups (broad SMARTS) is 2. The number of hydrogen-bond donors (Lipinski definition) is 3. The molecule has 0 aliphatic heterocycles. The lowest BCUT2D eigenvalue weighted by Crippen LogP contribution is -2.23. The Labute approximate surface area is 92.0 Å². The van der Waals surface area contributed by atoms with Crippen LogP contribution >= 0.6 is 0 Å². The van der Waals surface area contributed by atoms with Crippen LogP contribution in [0.5, 0.6) is 5.75 Å². The maximum absolute atomic E-state index is 10.6. The second kappa shape index (κ2) is 5.16. The number of phenolic OH excluding ortho intramolecular Hbond substituents is 1. The summed E-state index contributed by atoms with van der Waals surface area (Å²) in [6.45, 7) is 0. The van der Waals surface area contributed by atoms with E-state index >= 15 is 0 Å². The van der Waals surface area contributed by atoms with E-state index < -0.39 is 17.9 Å². The van der Waals surface area contributed by atoms with Gasteiger partial charge in [-0.05, 0) is 30.5 Å². The summed E-state index contributed by atoms with van der Waals surface area (Å²) in [7, 11) is 0. The number of benzene rings is 1. The Kier molecular flexibility index (Phi) is 3.88. The van der Waals surface area contributed by atoms with E-state index in [4.69, 9.17) is 15.3 Å². The van der Waals surface area contributed by atoms with Gasteiger partial charge in [0.15, 0.2) is 5.92 Å². The summed E-state index contributed by atoms with van der Waals surface area (Å²) < 4.78 is 0. The van der Waals surface area contributed by atoms with Crippen LogP contribution < -0.4 is 0 Å². The molecule has 1 aromatic carbocycles. The van der Waals surface area contributed by atoms with E-state index in [0.29, 0.717) is 6.42 Å². The Morgan fingerprint density at radius 3 is 2.00 bits per heavy atom. The summed E-state index contributed by atoms with van der Waals surface area (Å²) >= 11 is 0. The van der Waals surface area contributed by atoms with E-state index in [9.17, 15) is 9.59 Å². The molecule has 0 unspecified atom stereocenters. The summed E-state index contributed by atoms with van der Waals surface area (Å²) in [6.07, 6.45) is 0.388. The molecule has 0 radical (unpaired) electrons. The first-order chi connectivity index (χ1) is 7.50. The molecule has 86 valence electrons. The van der Waals surface area contributed by atoms with E-state index in [1.54, 1.807) is 12.1 Å². The Hall–Kier alpha value is -2.04. The number of hydrogen-bond acceptors (Lipinski definition) is 3. The maximum Gasteiger partial charge on any atom is 0.317 e. The van der Waals surface area contributed by atoms with Gasteiger partial charge in [-0.15, -0.1) is 0 Å². The molecule has 0 aliphatic carbocycles. The molecular formula is C11H12O5. The van der Waals surface area contributed by atoms with Gasteiger partial charge in [-0.25, -0.2) is 0 Å². The molecule has 0 atom stereocenters. The first-order valence-corrected chi connectivity index (χ1v) is 4.74. The zero-order valence-corrected chi connectivity index (χ0v) is 8.46. The second-order valence-corrected chi connectivity index (χ2v) is 3.43. The van der Waals surface area contributed by atoms with Crippen LogP contribution in [-0.4, -0.2) is 27.3 Å². The fourth-order valence-corrected chi connectivity index (χ4v) is 1.33. The van der Waals surface area contributed by atoms with Crippen molar-refractivity contribution in [1.82, 2.24) is 0 Å². The smallest absolute Gasteiger partial charge is 0.317 e. The first kappa shape index (κ1) is 12.0. The van der Waals surface area contributed by atoms with Gasteiger partial charge in [-0.3, -0.25) is 9.59 Å². The summed E-state index contributed by atoms with van der Waals surface area (Å²) in [5, 5.41) is 26.3. The van der Waals surface area contributed by atoms with Crippen molar-refractivity contribution in [3.63, 3.8) is 0 Å². The van der Waals surface area contributed by atoms with Gasteiger partial charge in [0.25, 0.3) is 0 Å². The second-order valence-electron chi connectivity index (χ2n) is 3.43. The molecule has 16 heavy (non-hydrogen) atoms. The lowest BCUT2D eigenvalue weighted by atomic mass is 10.00. The average molecular weight is 224 g/mol. The molecule has 0 aliphatic rings. The quantitative estimate of drug-likeness (QED) is 0.651. The summed E-state index contributed by atoms with van der Waals surface area (Å²) in [4.78, 5) is 21.2. The van der Waals surface area contributed by atoms with Crippen molar-refractivity contribution in [3.8, 4) is 5.75 Å². The van der Waals surface area contributed by atoms with Gasteiger partial charge in [0.05, 0.1) is 0 Å². The van der Waals surface area contributed by atoms with E-state index in [1.165, 1.54) is 12.1 Å². The number of carbonyl (C=O) groups is 2. The molecule has 1 aromatic rings. The zero-order valence-electron chi connectivity index (χ0n) is 8.46. The van der Waals surface area contributed by atoms with E-state index in [2.05, 4.69) is 0 Å². The van der Waals surface area contributed by atoms with Crippen molar-refractivity contribution in [2.45, 2.75) is 12.8 Å². The fourth-order valence-electron chi connectivity index (χ4n) is 1.33. The molecule has 1 rings (SSSR count). The Morgan fingerprint density at radius 2 is 1.56 bits per heavy atom. The number of aliphatic carboxylic acids is 2. The molecule has 0 aromatic heterocycles. The topological polar surface area (TPSA) is 94.8 Å². The molecule has 5 heteroatoms. The largest absolute Gasteiger partial charge is 0.508 e. The van der Waals surface area contributed by atoms with Gasteiger partial charge < -0.3 is 15.3 Å². The highest BCUT2D eigenvalue weighted by Crippen LogP contribution is 2.14. The SMILES string of the molecule is O=C(O)C(CCc1ccc(O)cc1)C(=O)O. The van der Waals surface area contributed by atoms with Gasteiger partial charge in [0.1, 0.15) is 5.75 Å². The molecule has 0 spiro atoms. The molecule has 0 fully saturated rings. The summed E-state index contributed by atoms with van der Waals surface area (Å²) in [5.41, 5.74) is 0.797. The number of aryl methyl sites for hydroxylation is 1. The van der Waals surface area contributed by atoms with Gasteiger partial charge >= 0.3 is 11.9 Å². The van der Waals surface area contributed by atoms with Crippen molar-refractivity contribution >= 4 is 11.9 Å². The Bertz CT molecular complexity index is 368. The minimum absolute atomic E-state index is 0.0371. The number of aromatic hydroxyl groups is 1. The molecule has 0 saturated carbocycles. The zero-order chi connectivity index (χ0) is 12.1. The van der Waals surface area contributed by atoms with Crippen LogP contribution in [0.2, 0.25) is 0 Å². The maximum atomic E-state index is 10.6. The van der Waals surface area contributed by atoms with E-state index in [0.717, 1.165) is 5.56 Å². The van der Waals surface area contributed by atoms with Crippen molar-refractivity contribution in [2.24, 2.45) is 5.92 Å². The van der Waals surface area contributed by atoms with Gasteiger partial charge in [-0.1, -0.05) is 12.1 Å². The van der Waals surface area contributed by atoms with Crippen LogP contribution in [0.25, 0.3) is 0 Å². The van der Waals surface area contributed by atoms with E-state index in [1.807, 2.05) is 0 Å². The minimum atomic E-state index is -1.38. The summed E-state index contributed by atoms with van der Waals surface area (Å²) in [5.74, 6) is -3.91. The molecule has 0 saturated heterocycles. The van der Waals surface area contributed by atoms with Crippen molar-refractivity contribution in [2.75, 3.05) is 0 Å². The third kappa shape index (κ3) is 3.27. The third-order valence-electron chi connectivity index (χ3n) is 2.25. The van der Waals surface area contributed by atoms with Crippen LogP contribution in [0.4, 0.5) is 0 Å². The predicted molar refractivity (Wildman–Crippen MR) is 55.2 cm³/mol. The van der Waals surface area contributed by atoms with Crippen LogP contribution in [0.3, 0.4) is 0 Å². The number of rotatable bonds is 5. The Morgan fingerprint density at radius 1 is 1.06 bits per heavy atom. The lowest BCUT2D eigenvalue weighted by Gasteiger charge is -2.06. The van der Waals surface area contributed by atoms with Gasteiger partial charge in [0.2, 0.25) is 0 Å². The highest BCUT2D eigenvalue weighted by Gasteiger charge is 2.24. The normalized spacial score (nSPS) is 10.3. The number of carboxylic acids is 2. The fraction of sp³-hybridized carbons (Fsp3) is 0.273. The lowest BCUT2D eigenvalue weighted by molar-refractivity contribution is -0.154. The van der Waals surface area contributed by atoms with Gasteiger partial charge in [0, 0.05) is 0 Å². The number of phenols is 1. The molecule has 3 N–H and O–H groups in total. The molecule has 0 amide bonds. The van der Waals surface area contributed by atoms with Crippen LogP contribution in [0.1, 0.15) is 12.0 Å². The van der Waals surface area contributed by atoms with Crippen LogP contribution in [0, 0.1) is 5.92 Å². The van der Waals surface area contributed by atoms with Gasteiger partial charge in [-0.2, -0.15) is 0 Å². The van der Waals surface area contributed by atoms with Crippen LogP contribution in [0.15, 0.2) is 24.3 Å². The minimum Gasteiger partial charge on any atom is -0.508 e. The standard InChI is InChI=1S/C11H12O5/c12-8-4-1-7(2-5-8)3-6-9(10(13)14)11(15)16/h1-2,4-5,9,12H,3,6H2,(H,13,14)(H,15,16). The highest BCUT2D eigenvalue weighted by molar-refractivity contribution is 5.92. The van der Waals surface area contributed by atoms with Crippen LogP contribution in [-0.2, 0) is 16.0 Å². The Balaban J connectivity index is 2.59. The molecule has 0 bridgehead atoms. The monoisotopic (exact) mass is 224 g/mol. The van der Waals surface area contributed by atoms with E-state index in [-0.39, 0.29) is 12.2 Å². The molecular weight excluding hydrogens is 212 g/mol. The van der Waals surface area contributed by atoms with Crippen molar-refractivity contribution in [3.05, 3.63) is 29.8 Å². The molecule has 0 heterocycles. The average Bonchev–Trinajstić information content (AvgIpc) is 2.20. The summed E-state index contributed by atoms with van der Waals surface area (Å²) in [6, 6.07) is 6.23. The highest BCUT2D eigenvalue weighted by atomic mass is 16.4. The first-order valence-electron chi connectivity index (χ1n) is 4.74. The molecule has 5 nitrogen and oxygen atoms in total. The van der Waals surface area contributed by atoms with Crippen molar-refractivity contribution < 1.29 is 24.9 Å².